The average molecular weight is 343 g/mol. The van der Waals surface area contributed by atoms with Crippen LogP contribution in [0.15, 0.2) is 34.7 Å². The Bertz CT molecular complexity index is 871. The molecule has 3 amide bonds. The van der Waals surface area contributed by atoms with Crippen molar-refractivity contribution in [2.75, 3.05) is 0 Å². The maximum Gasteiger partial charge on any atom is 0.325 e. The van der Waals surface area contributed by atoms with E-state index in [0.29, 0.717) is 22.6 Å². The molecule has 1 saturated heterocycles. The van der Waals surface area contributed by atoms with E-state index < -0.39 is 16.5 Å². The van der Waals surface area contributed by atoms with Crippen molar-refractivity contribution in [1.29, 1.82) is 0 Å². The molecule has 0 aliphatic carbocycles. The van der Waals surface area contributed by atoms with Crippen LogP contribution >= 0.6 is 0 Å². The summed E-state index contributed by atoms with van der Waals surface area (Å²) in [5.41, 5.74) is 0.00274. The highest BCUT2D eigenvalue weighted by molar-refractivity contribution is 6.07. The normalized spacial score (nSPS) is 20.0. The predicted molar refractivity (Wildman–Crippen MR) is 87.7 cm³/mol. The van der Waals surface area contributed by atoms with Crippen molar-refractivity contribution < 1.29 is 18.9 Å². The molecular formula is C17H17N3O5. The van der Waals surface area contributed by atoms with Crippen LogP contribution in [0, 0.1) is 24.0 Å². The van der Waals surface area contributed by atoms with E-state index in [1.807, 2.05) is 0 Å². The van der Waals surface area contributed by atoms with Crippen LogP contribution in [0.2, 0.25) is 0 Å². The van der Waals surface area contributed by atoms with Gasteiger partial charge in [0.15, 0.2) is 0 Å². The van der Waals surface area contributed by atoms with Crippen LogP contribution in [0.25, 0.3) is 0 Å². The Labute approximate surface area is 143 Å². The lowest BCUT2D eigenvalue weighted by Gasteiger charge is -2.21. The number of nitro benzene ring substituents is 1. The molecule has 1 N–H and O–H groups in total. The molecule has 2 aromatic rings. The van der Waals surface area contributed by atoms with E-state index in [1.54, 1.807) is 26.8 Å². The van der Waals surface area contributed by atoms with E-state index in [1.165, 1.54) is 24.3 Å². The number of nitrogens with zero attached hydrogens (tertiary/aromatic N) is 2. The Kier molecular flexibility index (Phi) is 3.82. The highest BCUT2D eigenvalue weighted by Crippen LogP contribution is 2.33. The van der Waals surface area contributed by atoms with Gasteiger partial charge in [-0.2, -0.15) is 0 Å². The molecule has 1 aromatic heterocycles. The molecule has 1 fully saturated rings. The molecule has 1 aliphatic heterocycles. The van der Waals surface area contributed by atoms with Crippen molar-refractivity contribution in [3.05, 3.63) is 63.1 Å². The van der Waals surface area contributed by atoms with Crippen molar-refractivity contribution >= 4 is 17.6 Å². The molecule has 1 atom stereocenters. The Morgan fingerprint density at radius 3 is 2.40 bits per heavy atom. The number of hydrogen-bond donors (Lipinski definition) is 1. The summed E-state index contributed by atoms with van der Waals surface area (Å²) in [6.45, 7) is 5.19. The molecule has 0 bridgehead atoms. The van der Waals surface area contributed by atoms with Gasteiger partial charge >= 0.3 is 6.03 Å². The maximum absolute atomic E-state index is 12.9. The first-order valence-electron chi connectivity index (χ1n) is 7.67. The number of urea groups is 1. The molecule has 1 aromatic carbocycles. The molecule has 2 heterocycles. The van der Waals surface area contributed by atoms with Crippen molar-refractivity contribution in [2.24, 2.45) is 0 Å². The number of benzene rings is 1. The zero-order valence-electron chi connectivity index (χ0n) is 14.0. The summed E-state index contributed by atoms with van der Waals surface area (Å²) in [4.78, 5) is 36.5. The lowest BCUT2D eigenvalue weighted by molar-refractivity contribution is -0.384. The lowest BCUT2D eigenvalue weighted by Crippen LogP contribution is -2.41. The van der Waals surface area contributed by atoms with Crippen molar-refractivity contribution in [1.82, 2.24) is 10.2 Å². The van der Waals surface area contributed by atoms with E-state index in [-0.39, 0.29) is 18.1 Å². The van der Waals surface area contributed by atoms with Crippen molar-refractivity contribution in [3.63, 3.8) is 0 Å². The van der Waals surface area contributed by atoms with Gasteiger partial charge in [-0.05, 0) is 32.4 Å². The molecular weight excluding hydrogens is 326 g/mol. The number of carbonyl (C=O) groups is 2. The van der Waals surface area contributed by atoms with Crippen molar-refractivity contribution in [3.8, 4) is 0 Å². The maximum atomic E-state index is 12.9. The third-order valence-corrected chi connectivity index (χ3v) is 4.34. The Hall–Kier alpha value is -3.16. The van der Waals surface area contributed by atoms with E-state index in [4.69, 9.17) is 4.42 Å². The van der Waals surface area contributed by atoms with Gasteiger partial charge in [0.25, 0.3) is 11.6 Å². The number of aryl methyl sites for hydroxylation is 2. The SMILES string of the molecule is Cc1cc(C2(C)NC(=O)N(Cc3ccc([N+](=O)[O-])cc3)C2=O)c(C)o1. The van der Waals surface area contributed by atoms with E-state index in [0.717, 1.165) is 4.90 Å². The summed E-state index contributed by atoms with van der Waals surface area (Å²) in [5, 5.41) is 13.4. The molecule has 25 heavy (non-hydrogen) atoms. The fraction of sp³-hybridized carbons (Fsp3) is 0.294. The summed E-state index contributed by atoms with van der Waals surface area (Å²) in [5.74, 6) is 0.843. The number of rotatable bonds is 4. The van der Waals surface area contributed by atoms with Gasteiger partial charge < -0.3 is 9.73 Å². The quantitative estimate of drug-likeness (QED) is 0.522. The monoisotopic (exact) mass is 343 g/mol. The van der Waals surface area contributed by atoms with Gasteiger partial charge in [-0.1, -0.05) is 12.1 Å². The topological polar surface area (TPSA) is 106 Å². The fourth-order valence-corrected chi connectivity index (χ4v) is 3.06. The molecule has 0 radical (unpaired) electrons. The standard InChI is InChI=1S/C17H17N3O5/c1-10-8-14(11(2)25-10)17(3)15(21)19(16(22)18-17)9-12-4-6-13(7-5-12)20(23)24/h4-8H,9H2,1-3H3,(H,18,22). The molecule has 1 unspecified atom stereocenters. The van der Waals surface area contributed by atoms with E-state index >= 15 is 0 Å². The summed E-state index contributed by atoms with van der Waals surface area (Å²) >= 11 is 0. The number of amides is 3. The number of imide groups is 1. The predicted octanol–water partition coefficient (Wildman–Crippen LogP) is 2.77. The Morgan fingerprint density at radius 2 is 1.88 bits per heavy atom. The molecule has 1 aliphatic rings. The van der Waals surface area contributed by atoms with E-state index in [2.05, 4.69) is 5.32 Å². The fourth-order valence-electron chi connectivity index (χ4n) is 3.06. The summed E-state index contributed by atoms with van der Waals surface area (Å²) < 4.78 is 5.48. The molecule has 130 valence electrons. The number of carbonyl (C=O) groups excluding carboxylic acids is 2. The first kappa shape index (κ1) is 16.7. The Balaban J connectivity index is 1.86. The molecule has 8 heteroatoms. The molecule has 0 saturated carbocycles. The van der Waals surface area contributed by atoms with Crippen LogP contribution in [0.3, 0.4) is 0 Å². The molecule has 3 rings (SSSR count). The second-order valence-electron chi connectivity index (χ2n) is 6.20. The van der Waals surface area contributed by atoms with Gasteiger partial charge in [-0.3, -0.25) is 19.8 Å². The number of nitro groups is 1. The number of hydrogen-bond acceptors (Lipinski definition) is 5. The third kappa shape index (κ3) is 2.75. The van der Waals surface area contributed by atoms with Gasteiger partial charge in [-0.15, -0.1) is 0 Å². The van der Waals surface area contributed by atoms with E-state index in [9.17, 15) is 19.7 Å². The third-order valence-electron chi connectivity index (χ3n) is 4.34. The van der Waals surface area contributed by atoms with Crippen LogP contribution in [0.4, 0.5) is 10.5 Å². The minimum atomic E-state index is -1.19. The molecule has 0 spiro atoms. The second kappa shape index (κ2) is 5.73. The zero-order chi connectivity index (χ0) is 18.4. The summed E-state index contributed by atoms with van der Waals surface area (Å²) in [6.07, 6.45) is 0. The van der Waals surface area contributed by atoms with Crippen LogP contribution in [0.1, 0.15) is 29.6 Å². The average Bonchev–Trinajstić information content (AvgIpc) is 3.00. The van der Waals surface area contributed by atoms with Crippen LogP contribution in [-0.4, -0.2) is 21.8 Å². The summed E-state index contributed by atoms with van der Waals surface area (Å²) in [6, 6.07) is 6.98. The van der Waals surface area contributed by atoms with Gasteiger partial charge in [0.1, 0.15) is 17.1 Å². The smallest absolute Gasteiger partial charge is 0.325 e. The number of nitrogens with one attached hydrogen (secondary N) is 1. The van der Waals surface area contributed by atoms with Crippen LogP contribution in [0.5, 0.6) is 0 Å². The number of non-ortho nitro benzene ring substituents is 1. The molecule has 8 nitrogen and oxygen atoms in total. The zero-order valence-corrected chi connectivity index (χ0v) is 14.0. The van der Waals surface area contributed by atoms with Crippen molar-refractivity contribution in [2.45, 2.75) is 32.9 Å². The van der Waals surface area contributed by atoms with Crippen LogP contribution in [-0.2, 0) is 16.9 Å². The first-order valence-corrected chi connectivity index (χ1v) is 7.67. The minimum absolute atomic E-state index is 0.0358. The van der Waals surface area contributed by atoms with Gasteiger partial charge in [-0.25, -0.2) is 4.79 Å². The minimum Gasteiger partial charge on any atom is -0.466 e. The largest absolute Gasteiger partial charge is 0.466 e. The Morgan fingerprint density at radius 1 is 1.24 bits per heavy atom. The highest BCUT2D eigenvalue weighted by Gasteiger charge is 2.50. The van der Waals surface area contributed by atoms with Crippen LogP contribution < -0.4 is 5.32 Å². The highest BCUT2D eigenvalue weighted by atomic mass is 16.6. The van der Waals surface area contributed by atoms with Gasteiger partial charge in [0.05, 0.1) is 11.5 Å². The second-order valence-corrected chi connectivity index (χ2v) is 6.20. The van der Waals surface area contributed by atoms with Gasteiger partial charge in [0, 0.05) is 17.7 Å². The van der Waals surface area contributed by atoms with Gasteiger partial charge in [0.2, 0.25) is 0 Å². The number of furan rings is 1. The first-order chi connectivity index (χ1) is 11.7. The lowest BCUT2D eigenvalue weighted by atomic mass is 9.92. The summed E-state index contributed by atoms with van der Waals surface area (Å²) in [7, 11) is 0.